The number of nitrogens with one attached hydrogen (secondary N) is 2. The molecule has 1 unspecified atom stereocenters. The lowest BCUT2D eigenvalue weighted by Gasteiger charge is -2.16. The van der Waals surface area contributed by atoms with Crippen LogP contribution in [0.2, 0.25) is 0 Å². The number of nitrogens with two attached hydrogens (primary N) is 1. The van der Waals surface area contributed by atoms with Gasteiger partial charge in [-0.25, -0.2) is 0 Å². The minimum atomic E-state index is -1.43. The van der Waals surface area contributed by atoms with E-state index in [9.17, 15) is 14.4 Å². The molecule has 0 radical (unpaired) electrons. The zero-order valence-corrected chi connectivity index (χ0v) is 8.74. The molecule has 1 atom stereocenters. The number of benzene rings is 1. The third-order valence-electron chi connectivity index (χ3n) is 3.25. The number of carbonyl (C=O) groups excluding carboxylic acids is 3. The second kappa shape index (κ2) is 2.85. The predicted molar refractivity (Wildman–Crippen MR) is 58.9 cm³/mol. The van der Waals surface area contributed by atoms with Crippen LogP contribution in [0, 0.1) is 0 Å². The van der Waals surface area contributed by atoms with Crippen LogP contribution in [0.1, 0.15) is 12.0 Å². The average Bonchev–Trinajstić information content (AvgIpc) is 2.71. The standard InChI is InChI=1S/C11H9N3O3/c12-6-3-1-2-5-8(6)14-10(17)11(5)4-7(15)13-9(11)16/h1-3H,4,12H2,(H,14,17)(H,13,15,16). The third kappa shape index (κ3) is 1.01. The SMILES string of the molecule is Nc1cccc2c1NC(=O)C21CC(=O)NC1=O. The summed E-state index contributed by atoms with van der Waals surface area (Å²) in [5.74, 6) is -1.52. The summed E-state index contributed by atoms with van der Waals surface area (Å²) in [5, 5.41) is 4.73. The van der Waals surface area contributed by atoms with Crippen molar-refractivity contribution >= 4 is 29.1 Å². The van der Waals surface area contributed by atoms with Gasteiger partial charge in [0.25, 0.3) is 0 Å². The van der Waals surface area contributed by atoms with Gasteiger partial charge in [-0.05, 0) is 6.07 Å². The van der Waals surface area contributed by atoms with E-state index in [1.165, 1.54) is 0 Å². The Morgan fingerprint density at radius 2 is 1.82 bits per heavy atom. The van der Waals surface area contributed by atoms with E-state index in [1.807, 2.05) is 0 Å². The molecule has 0 aliphatic carbocycles. The molecule has 1 fully saturated rings. The molecule has 0 saturated carbocycles. The fraction of sp³-hybridized carbons (Fsp3) is 0.182. The van der Waals surface area contributed by atoms with E-state index in [-0.39, 0.29) is 6.42 Å². The molecule has 2 aliphatic rings. The number of carbonyl (C=O) groups is 3. The lowest BCUT2D eigenvalue weighted by molar-refractivity contribution is -0.131. The van der Waals surface area contributed by atoms with Crippen LogP contribution in [0.15, 0.2) is 18.2 Å². The number of hydrogen-bond donors (Lipinski definition) is 3. The Morgan fingerprint density at radius 3 is 2.47 bits per heavy atom. The van der Waals surface area contributed by atoms with Crippen molar-refractivity contribution in [3.05, 3.63) is 23.8 Å². The van der Waals surface area contributed by atoms with Crippen molar-refractivity contribution in [1.82, 2.24) is 5.32 Å². The van der Waals surface area contributed by atoms with Gasteiger partial charge in [0.15, 0.2) is 5.41 Å². The lowest BCUT2D eigenvalue weighted by Crippen LogP contribution is -2.41. The quantitative estimate of drug-likeness (QED) is 0.318. The van der Waals surface area contributed by atoms with Gasteiger partial charge >= 0.3 is 0 Å². The Morgan fingerprint density at radius 1 is 1.12 bits per heavy atom. The molecule has 17 heavy (non-hydrogen) atoms. The molecule has 0 aromatic heterocycles. The number of nitrogen functional groups attached to an aromatic ring is 1. The van der Waals surface area contributed by atoms with Crippen molar-refractivity contribution in [3.8, 4) is 0 Å². The molecule has 86 valence electrons. The first-order valence-corrected chi connectivity index (χ1v) is 5.10. The van der Waals surface area contributed by atoms with Crippen molar-refractivity contribution in [2.75, 3.05) is 11.1 Å². The first kappa shape index (κ1) is 9.83. The summed E-state index contributed by atoms with van der Waals surface area (Å²) >= 11 is 0. The van der Waals surface area contributed by atoms with Gasteiger partial charge in [0.2, 0.25) is 17.7 Å². The molecule has 1 aromatic rings. The number of para-hydroxylation sites is 1. The number of hydrogen-bond acceptors (Lipinski definition) is 4. The summed E-state index contributed by atoms with van der Waals surface area (Å²) in [6.07, 6.45) is -0.159. The van der Waals surface area contributed by atoms with E-state index in [0.717, 1.165) is 0 Å². The van der Waals surface area contributed by atoms with Gasteiger partial charge in [0.1, 0.15) is 0 Å². The van der Waals surface area contributed by atoms with Gasteiger partial charge in [0.05, 0.1) is 17.8 Å². The van der Waals surface area contributed by atoms with E-state index in [0.29, 0.717) is 16.9 Å². The van der Waals surface area contributed by atoms with Crippen molar-refractivity contribution in [2.45, 2.75) is 11.8 Å². The number of imide groups is 1. The minimum Gasteiger partial charge on any atom is -0.397 e. The molecule has 6 heteroatoms. The summed E-state index contributed by atoms with van der Waals surface area (Å²) < 4.78 is 0. The molecule has 3 rings (SSSR count). The number of fused-ring (bicyclic) bond motifs is 2. The summed E-state index contributed by atoms with van der Waals surface area (Å²) in [4.78, 5) is 35.2. The third-order valence-corrected chi connectivity index (χ3v) is 3.25. The number of amides is 3. The van der Waals surface area contributed by atoms with Crippen molar-refractivity contribution < 1.29 is 14.4 Å². The second-order valence-corrected chi connectivity index (χ2v) is 4.18. The van der Waals surface area contributed by atoms with Crippen LogP contribution < -0.4 is 16.4 Å². The number of rotatable bonds is 0. The smallest absolute Gasteiger partial charge is 0.247 e. The van der Waals surface area contributed by atoms with Crippen molar-refractivity contribution in [3.63, 3.8) is 0 Å². The van der Waals surface area contributed by atoms with E-state index >= 15 is 0 Å². The summed E-state index contributed by atoms with van der Waals surface area (Å²) in [7, 11) is 0. The maximum atomic E-state index is 12.0. The normalized spacial score (nSPS) is 26.0. The van der Waals surface area contributed by atoms with Gasteiger partial charge in [-0.15, -0.1) is 0 Å². The summed E-state index contributed by atoms with van der Waals surface area (Å²) in [6.45, 7) is 0. The highest BCUT2D eigenvalue weighted by Gasteiger charge is 2.58. The molecular formula is C11H9N3O3. The molecule has 6 nitrogen and oxygen atoms in total. The first-order valence-electron chi connectivity index (χ1n) is 5.10. The van der Waals surface area contributed by atoms with Crippen LogP contribution in [0.4, 0.5) is 11.4 Å². The Balaban J connectivity index is 2.28. The van der Waals surface area contributed by atoms with E-state index in [2.05, 4.69) is 10.6 Å². The monoisotopic (exact) mass is 231 g/mol. The number of anilines is 2. The zero-order valence-electron chi connectivity index (χ0n) is 8.74. The maximum absolute atomic E-state index is 12.0. The van der Waals surface area contributed by atoms with Crippen LogP contribution in [-0.4, -0.2) is 17.7 Å². The molecule has 0 bridgehead atoms. The van der Waals surface area contributed by atoms with Crippen LogP contribution in [0.25, 0.3) is 0 Å². The molecule has 3 amide bonds. The van der Waals surface area contributed by atoms with Gasteiger partial charge in [-0.3, -0.25) is 19.7 Å². The maximum Gasteiger partial charge on any atom is 0.247 e. The van der Waals surface area contributed by atoms with Crippen LogP contribution in [-0.2, 0) is 19.8 Å². The molecule has 1 spiro atoms. The second-order valence-electron chi connectivity index (χ2n) is 4.18. The zero-order chi connectivity index (χ0) is 12.2. The molecule has 4 N–H and O–H groups in total. The fourth-order valence-electron chi connectivity index (χ4n) is 2.41. The molecular weight excluding hydrogens is 222 g/mol. The van der Waals surface area contributed by atoms with Crippen molar-refractivity contribution in [1.29, 1.82) is 0 Å². The van der Waals surface area contributed by atoms with Crippen molar-refractivity contribution in [2.24, 2.45) is 0 Å². The molecule has 1 saturated heterocycles. The largest absolute Gasteiger partial charge is 0.397 e. The highest BCUT2D eigenvalue weighted by molar-refractivity contribution is 6.28. The van der Waals surface area contributed by atoms with Gasteiger partial charge in [-0.2, -0.15) is 0 Å². The highest BCUT2D eigenvalue weighted by Crippen LogP contribution is 2.45. The topological polar surface area (TPSA) is 101 Å². The van der Waals surface area contributed by atoms with Crippen LogP contribution >= 0.6 is 0 Å². The Bertz CT molecular complexity index is 581. The summed E-state index contributed by atoms with van der Waals surface area (Å²) in [5.41, 5.74) is 5.60. The Hall–Kier alpha value is -2.37. The lowest BCUT2D eigenvalue weighted by atomic mass is 9.80. The van der Waals surface area contributed by atoms with E-state index in [4.69, 9.17) is 5.73 Å². The minimum absolute atomic E-state index is 0.159. The molecule has 2 heterocycles. The van der Waals surface area contributed by atoms with E-state index < -0.39 is 23.1 Å². The molecule has 1 aromatic carbocycles. The first-order chi connectivity index (χ1) is 8.05. The summed E-state index contributed by atoms with van der Waals surface area (Å²) in [6, 6.07) is 4.93. The van der Waals surface area contributed by atoms with Gasteiger partial charge in [-0.1, -0.05) is 12.1 Å². The molecule has 2 aliphatic heterocycles. The average molecular weight is 231 g/mol. The van der Waals surface area contributed by atoms with Gasteiger partial charge < -0.3 is 11.1 Å². The fourth-order valence-corrected chi connectivity index (χ4v) is 2.41. The predicted octanol–water partition coefficient (Wildman–Crippen LogP) is -0.495. The Kier molecular flexibility index (Phi) is 1.65. The van der Waals surface area contributed by atoms with Gasteiger partial charge in [0, 0.05) is 5.56 Å². The Labute approximate surface area is 96.2 Å². The van der Waals surface area contributed by atoms with Crippen LogP contribution in [0.5, 0.6) is 0 Å². The van der Waals surface area contributed by atoms with Crippen LogP contribution in [0.3, 0.4) is 0 Å². The van der Waals surface area contributed by atoms with E-state index in [1.54, 1.807) is 18.2 Å². The highest BCUT2D eigenvalue weighted by atomic mass is 16.2.